The van der Waals surface area contributed by atoms with E-state index in [1.165, 1.54) is 0 Å². The van der Waals surface area contributed by atoms with E-state index in [1.54, 1.807) is 0 Å². The SMILES string of the molecule is O=C(OCC(F)(F)F)C1CC1. The summed E-state index contributed by atoms with van der Waals surface area (Å²) in [5, 5.41) is 0. The van der Waals surface area contributed by atoms with E-state index in [9.17, 15) is 18.0 Å². The summed E-state index contributed by atoms with van der Waals surface area (Å²) in [5.74, 6) is -0.986. The first-order valence-corrected chi connectivity index (χ1v) is 3.22. The van der Waals surface area contributed by atoms with Gasteiger partial charge in [-0.1, -0.05) is 0 Å². The molecule has 0 saturated heterocycles. The number of rotatable bonds is 2. The number of hydrogen-bond donors (Lipinski definition) is 0. The molecule has 0 atom stereocenters. The van der Waals surface area contributed by atoms with Gasteiger partial charge in [0.2, 0.25) is 0 Å². The number of alkyl halides is 3. The van der Waals surface area contributed by atoms with Crippen molar-refractivity contribution in [1.29, 1.82) is 0 Å². The first-order chi connectivity index (χ1) is 4.99. The average Bonchev–Trinajstić information content (AvgIpc) is 2.61. The van der Waals surface area contributed by atoms with Crippen molar-refractivity contribution < 1.29 is 22.7 Å². The zero-order valence-electron chi connectivity index (χ0n) is 5.65. The molecule has 0 unspecified atom stereocenters. The third-order valence-electron chi connectivity index (χ3n) is 1.29. The van der Waals surface area contributed by atoms with E-state index in [4.69, 9.17) is 0 Å². The first kappa shape index (κ1) is 8.36. The molecule has 0 heterocycles. The van der Waals surface area contributed by atoms with Crippen molar-refractivity contribution in [2.45, 2.75) is 19.0 Å². The highest BCUT2D eigenvalue weighted by molar-refractivity contribution is 5.74. The van der Waals surface area contributed by atoms with E-state index in [2.05, 4.69) is 4.74 Å². The Morgan fingerprint density at radius 3 is 2.36 bits per heavy atom. The van der Waals surface area contributed by atoms with Crippen LogP contribution in [0.3, 0.4) is 0 Å². The molecule has 5 heteroatoms. The first-order valence-electron chi connectivity index (χ1n) is 3.22. The average molecular weight is 168 g/mol. The van der Waals surface area contributed by atoms with Crippen molar-refractivity contribution in [3.8, 4) is 0 Å². The summed E-state index contributed by atoms with van der Waals surface area (Å²) in [4.78, 5) is 10.5. The molecule has 1 aliphatic rings. The lowest BCUT2D eigenvalue weighted by Crippen LogP contribution is -2.20. The zero-order chi connectivity index (χ0) is 8.48. The van der Waals surface area contributed by atoms with Gasteiger partial charge >= 0.3 is 12.1 Å². The molecule has 1 fully saturated rings. The highest BCUT2D eigenvalue weighted by atomic mass is 19.4. The quantitative estimate of drug-likeness (QED) is 0.584. The number of ether oxygens (including phenoxy) is 1. The van der Waals surface area contributed by atoms with Gasteiger partial charge in [-0.25, -0.2) is 0 Å². The molecule has 2 nitrogen and oxygen atoms in total. The van der Waals surface area contributed by atoms with Gasteiger partial charge in [-0.15, -0.1) is 0 Å². The Morgan fingerprint density at radius 1 is 1.45 bits per heavy atom. The fourth-order valence-electron chi connectivity index (χ4n) is 0.590. The van der Waals surface area contributed by atoms with Gasteiger partial charge < -0.3 is 4.74 Å². The maximum Gasteiger partial charge on any atom is 0.422 e. The van der Waals surface area contributed by atoms with Crippen molar-refractivity contribution >= 4 is 5.97 Å². The van der Waals surface area contributed by atoms with Crippen molar-refractivity contribution in [3.05, 3.63) is 0 Å². The van der Waals surface area contributed by atoms with Crippen LogP contribution in [0.2, 0.25) is 0 Å². The van der Waals surface area contributed by atoms with E-state index in [1.807, 2.05) is 0 Å². The topological polar surface area (TPSA) is 26.3 Å². The number of esters is 1. The van der Waals surface area contributed by atoms with Crippen LogP contribution in [0.1, 0.15) is 12.8 Å². The molecule has 1 aliphatic carbocycles. The van der Waals surface area contributed by atoms with Gasteiger partial charge in [-0.2, -0.15) is 13.2 Å². The van der Waals surface area contributed by atoms with Crippen molar-refractivity contribution in [3.63, 3.8) is 0 Å². The molecule has 0 amide bonds. The summed E-state index contributed by atoms with van der Waals surface area (Å²) in [6, 6.07) is 0. The number of hydrogen-bond acceptors (Lipinski definition) is 2. The van der Waals surface area contributed by atoms with Crippen molar-refractivity contribution in [1.82, 2.24) is 0 Å². The van der Waals surface area contributed by atoms with Crippen LogP contribution in [0.4, 0.5) is 13.2 Å². The lowest BCUT2D eigenvalue weighted by Gasteiger charge is -2.06. The molecule has 64 valence electrons. The van der Waals surface area contributed by atoms with Crippen LogP contribution in [0.15, 0.2) is 0 Å². The van der Waals surface area contributed by atoms with Crippen molar-refractivity contribution in [2.24, 2.45) is 5.92 Å². The molecule has 0 aromatic rings. The summed E-state index contributed by atoms with van der Waals surface area (Å²) >= 11 is 0. The maximum atomic E-state index is 11.4. The molecule has 1 saturated carbocycles. The number of halogens is 3. The summed E-state index contributed by atoms with van der Waals surface area (Å²) < 4.78 is 38.2. The molecule has 0 radical (unpaired) electrons. The minimum Gasteiger partial charge on any atom is -0.456 e. The summed E-state index contributed by atoms with van der Waals surface area (Å²) in [5.41, 5.74) is 0. The zero-order valence-corrected chi connectivity index (χ0v) is 5.65. The molecule has 0 spiro atoms. The molecular weight excluding hydrogens is 161 g/mol. The molecule has 1 rings (SSSR count). The summed E-state index contributed by atoms with van der Waals surface area (Å²) in [6.07, 6.45) is -3.07. The Labute approximate surface area is 61.3 Å². The molecule has 0 bridgehead atoms. The Hall–Kier alpha value is -0.740. The normalized spacial score (nSPS) is 18.1. The molecular formula is C6H7F3O2. The highest BCUT2D eigenvalue weighted by Crippen LogP contribution is 2.30. The standard InChI is InChI=1S/C6H7F3O2/c7-6(8,9)3-11-5(10)4-1-2-4/h4H,1-3H2. The third-order valence-corrected chi connectivity index (χ3v) is 1.29. The third kappa shape index (κ3) is 3.25. The van der Waals surface area contributed by atoms with Gasteiger partial charge in [0, 0.05) is 0 Å². The van der Waals surface area contributed by atoms with Crippen LogP contribution in [0.25, 0.3) is 0 Å². The second-order valence-corrected chi connectivity index (χ2v) is 2.50. The van der Waals surface area contributed by atoms with Crippen LogP contribution < -0.4 is 0 Å². The van der Waals surface area contributed by atoms with Gasteiger partial charge in [0.25, 0.3) is 0 Å². The lowest BCUT2D eigenvalue weighted by molar-refractivity contribution is -0.187. The van der Waals surface area contributed by atoms with E-state index in [0.29, 0.717) is 12.8 Å². The van der Waals surface area contributed by atoms with Crippen LogP contribution in [-0.2, 0) is 9.53 Å². The lowest BCUT2D eigenvalue weighted by atomic mass is 10.4. The predicted molar refractivity (Wildman–Crippen MR) is 29.7 cm³/mol. The minimum atomic E-state index is -4.40. The molecule has 0 aliphatic heterocycles. The Kier molecular flexibility index (Phi) is 2.06. The van der Waals surface area contributed by atoms with Crippen molar-refractivity contribution in [2.75, 3.05) is 6.61 Å². The molecule has 0 aromatic heterocycles. The smallest absolute Gasteiger partial charge is 0.422 e. The second-order valence-electron chi connectivity index (χ2n) is 2.50. The van der Waals surface area contributed by atoms with Gasteiger partial charge in [0.15, 0.2) is 6.61 Å². The van der Waals surface area contributed by atoms with E-state index < -0.39 is 18.8 Å². The number of carbonyl (C=O) groups excluding carboxylic acids is 1. The van der Waals surface area contributed by atoms with Gasteiger partial charge in [-0.3, -0.25) is 4.79 Å². The van der Waals surface area contributed by atoms with Gasteiger partial charge in [0.1, 0.15) is 0 Å². The van der Waals surface area contributed by atoms with Crippen LogP contribution in [-0.4, -0.2) is 18.8 Å². The van der Waals surface area contributed by atoms with Crippen LogP contribution in [0, 0.1) is 5.92 Å². The second kappa shape index (κ2) is 2.71. The number of carbonyl (C=O) groups is 1. The largest absolute Gasteiger partial charge is 0.456 e. The molecule has 0 aromatic carbocycles. The van der Waals surface area contributed by atoms with E-state index in [-0.39, 0.29) is 5.92 Å². The van der Waals surface area contributed by atoms with Gasteiger partial charge in [0.05, 0.1) is 5.92 Å². The van der Waals surface area contributed by atoms with Crippen LogP contribution >= 0.6 is 0 Å². The van der Waals surface area contributed by atoms with E-state index in [0.717, 1.165) is 0 Å². The fourth-order valence-corrected chi connectivity index (χ4v) is 0.590. The van der Waals surface area contributed by atoms with E-state index >= 15 is 0 Å². The summed E-state index contributed by atoms with van der Waals surface area (Å²) in [6.45, 7) is -1.46. The monoisotopic (exact) mass is 168 g/mol. The highest BCUT2D eigenvalue weighted by Gasteiger charge is 2.35. The molecule has 0 N–H and O–H groups in total. The molecule has 11 heavy (non-hydrogen) atoms. The fraction of sp³-hybridized carbons (Fsp3) is 0.833. The predicted octanol–water partition coefficient (Wildman–Crippen LogP) is 1.50. The van der Waals surface area contributed by atoms with Gasteiger partial charge in [-0.05, 0) is 12.8 Å². The minimum absolute atomic E-state index is 0.266. The Balaban J connectivity index is 2.16. The Bertz CT molecular complexity index is 160. The summed E-state index contributed by atoms with van der Waals surface area (Å²) in [7, 11) is 0. The maximum absolute atomic E-state index is 11.4. The Morgan fingerprint density at radius 2 is 2.00 bits per heavy atom. The van der Waals surface area contributed by atoms with Crippen LogP contribution in [0.5, 0.6) is 0 Å².